The van der Waals surface area contributed by atoms with Crippen LogP contribution in [-0.4, -0.2) is 21.6 Å². The number of hydrogen-bond donors (Lipinski definition) is 1. The molecule has 102 valence electrons. The van der Waals surface area contributed by atoms with E-state index in [0.29, 0.717) is 15.5 Å². The Morgan fingerprint density at radius 2 is 2.15 bits per heavy atom. The summed E-state index contributed by atoms with van der Waals surface area (Å²) >= 11 is 11.5. The molecule has 1 N–H and O–H groups in total. The molecule has 0 amide bonds. The molecule has 4 nitrogen and oxygen atoms in total. The number of fused-ring (bicyclic) bond motifs is 1. The van der Waals surface area contributed by atoms with Crippen LogP contribution >= 0.6 is 23.8 Å². The molecule has 20 heavy (non-hydrogen) atoms. The van der Waals surface area contributed by atoms with E-state index in [9.17, 15) is 0 Å². The number of ether oxygens (including phenoxy) is 1. The fraction of sp³-hybridized carbons (Fsp3) is 0.143. The van der Waals surface area contributed by atoms with Gasteiger partial charge in [0.2, 0.25) is 0 Å². The monoisotopic (exact) mass is 305 g/mol. The van der Waals surface area contributed by atoms with Crippen molar-refractivity contribution in [3.63, 3.8) is 0 Å². The molecule has 0 aliphatic heterocycles. The second-order valence-corrected chi connectivity index (χ2v) is 5.29. The van der Waals surface area contributed by atoms with Gasteiger partial charge < -0.3 is 9.72 Å². The molecule has 2 heterocycles. The Labute approximate surface area is 126 Å². The van der Waals surface area contributed by atoms with Crippen molar-refractivity contribution in [1.82, 2.24) is 14.5 Å². The molecule has 0 aliphatic rings. The van der Waals surface area contributed by atoms with E-state index < -0.39 is 0 Å². The topological polar surface area (TPSA) is 42.8 Å². The Balaban J connectivity index is 2.37. The lowest BCUT2D eigenvalue weighted by atomic mass is 10.2. The van der Waals surface area contributed by atoms with Crippen molar-refractivity contribution < 1.29 is 4.74 Å². The molecule has 0 atom stereocenters. The molecule has 2 aromatic heterocycles. The maximum atomic E-state index is 6.09. The first-order valence-corrected chi connectivity index (χ1v) is 6.80. The van der Waals surface area contributed by atoms with Crippen LogP contribution in [0.1, 0.15) is 5.56 Å². The zero-order chi connectivity index (χ0) is 14.3. The Morgan fingerprint density at radius 1 is 1.35 bits per heavy atom. The maximum Gasteiger partial charge on any atom is 0.184 e. The van der Waals surface area contributed by atoms with Crippen molar-refractivity contribution in [3.05, 3.63) is 45.8 Å². The third-order valence-corrected chi connectivity index (χ3v) is 3.56. The maximum absolute atomic E-state index is 6.09. The van der Waals surface area contributed by atoms with Gasteiger partial charge in [-0.1, -0.05) is 11.6 Å². The first-order chi connectivity index (χ1) is 9.60. The van der Waals surface area contributed by atoms with E-state index in [0.717, 1.165) is 22.4 Å². The lowest BCUT2D eigenvalue weighted by Crippen LogP contribution is -1.99. The minimum atomic E-state index is 0.554. The number of nitrogens with one attached hydrogen (secondary N) is 1. The van der Waals surface area contributed by atoms with Crippen LogP contribution in [0.3, 0.4) is 0 Å². The Hall–Kier alpha value is -1.85. The molecule has 0 radical (unpaired) electrons. The molecule has 3 aromatic rings. The van der Waals surface area contributed by atoms with Crippen LogP contribution in [0, 0.1) is 11.7 Å². The van der Waals surface area contributed by atoms with Crippen molar-refractivity contribution in [1.29, 1.82) is 0 Å². The minimum absolute atomic E-state index is 0.554. The van der Waals surface area contributed by atoms with Gasteiger partial charge in [-0.25, -0.2) is 4.98 Å². The summed E-state index contributed by atoms with van der Waals surface area (Å²) in [6, 6.07) is 7.41. The van der Waals surface area contributed by atoms with Crippen molar-refractivity contribution in [2.24, 2.45) is 0 Å². The quantitative estimate of drug-likeness (QED) is 0.726. The van der Waals surface area contributed by atoms with E-state index >= 15 is 0 Å². The van der Waals surface area contributed by atoms with Crippen LogP contribution in [0.2, 0.25) is 5.02 Å². The lowest BCUT2D eigenvalue weighted by Gasteiger charge is -2.10. The fourth-order valence-corrected chi connectivity index (χ4v) is 2.62. The van der Waals surface area contributed by atoms with E-state index in [1.54, 1.807) is 19.4 Å². The highest BCUT2D eigenvalue weighted by molar-refractivity contribution is 7.71. The number of pyridine rings is 1. The average molecular weight is 306 g/mol. The number of hydrogen-bond acceptors (Lipinski definition) is 3. The number of imidazole rings is 1. The predicted molar refractivity (Wildman–Crippen MR) is 82.6 cm³/mol. The Bertz CT molecular complexity index is 853. The van der Waals surface area contributed by atoms with Crippen molar-refractivity contribution in [2.75, 3.05) is 7.11 Å². The summed E-state index contributed by atoms with van der Waals surface area (Å²) in [5, 5.41) is 0.615. The molecular formula is C14H12ClN3OS. The van der Waals surface area contributed by atoms with Crippen LogP contribution in [0.25, 0.3) is 16.9 Å². The average Bonchev–Trinajstić information content (AvgIpc) is 2.73. The molecule has 0 saturated carbocycles. The van der Waals surface area contributed by atoms with Gasteiger partial charge in [0, 0.05) is 11.2 Å². The molecule has 6 heteroatoms. The summed E-state index contributed by atoms with van der Waals surface area (Å²) in [4.78, 5) is 7.60. The fourth-order valence-electron chi connectivity index (χ4n) is 2.16. The normalized spacial score (nSPS) is 10.9. The molecule has 0 saturated heterocycles. The first kappa shape index (κ1) is 13.1. The second-order valence-electron chi connectivity index (χ2n) is 4.47. The number of halogens is 1. The van der Waals surface area contributed by atoms with Gasteiger partial charge in [0.1, 0.15) is 5.75 Å². The zero-order valence-electron chi connectivity index (χ0n) is 11.0. The van der Waals surface area contributed by atoms with Gasteiger partial charge in [0.15, 0.2) is 10.4 Å². The zero-order valence-corrected chi connectivity index (χ0v) is 12.5. The molecule has 0 spiro atoms. The number of aromatic amines is 1. The van der Waals surface area contributed by atoms with Crippen LogP contribution in [0.4, 0.5) is 0 Å². The third kappa shape index (κ3) is 2.09. The molecule has 0 fully saturated rings. The van der Waals surface area contributed by atoms with E-state index in [1.165, 1.54) is 0 Å². The molecule has 1 aromatic carbocycles. The number of nitrogens with zero attached hydrogens (tertiary/aromatic N) is 2. The van der Waals surface area contributed by atoms with Crippen LogP contribution < -0.4 is 4.74 Å². The molecule has 3 rings (SSSR count). The van der Waals surface area contributed by atoms with Gasteiger partial charge in [-0.05, 0) is 49.0 Å². The highest BCUT2D eigenvalue weighted by Gasteiger charge is 2.12. The van der Waals surface area contributed by atoms with Crippen molar-refractivity contribution >= 4 is 35.0 Å². The van der Waals surface area contributed by atoms with Crippen LogP contribution in [0.5, 0.6) is 5.75 Å². The van der Waals surface area contributed by atoms with Gasteiger partial charge in [-0.2, -0.15) is 0 Å². The number of benzene rings is 1. The van der Waals surface area contributed by atoms with Gasteiger partial charge in [0.05, 0.1) is 18.3 Å². The highest BCUT2D eigenvalue weighted by Crippen LogP contribution is 2.29. The highest BCUT2D eigenvalue weighted by atomic mass is 35.5. The largest absolute Gasteiger partial charge is 0.495 e. The minimum Gasteiger partial charge on any atom is -0.495 e. The smallest absolute Gasteiger partial charge is 0.184 e. The van der Waals surface area contributed by atoms with Crippen molar-refractivity contribution in [3.8, 4) is 11.4 Å². The Morgan fingerprint density at radius 3 is 2.90 bits per heavy atom. The SMILES string of the molecule is COc1ccc(Cl)cc1-n1c(=S)[nH]c2cc(C)cnc21. The summed E-state index contributed by atoms with van der Waals surface area (Å²) < 4.78 is 7.77. The van der Waals surface area contributed by atoms with Gasteiger partial charge in [0.25, 0.3) is 0 Å². The number of rotatable bonds is 2. The number of methoxy groups -OCH3 is 1. The second kappa shape index (κ2) is 4.92. The van der Waals surface area contributed by atoms with E-state index in [1.807, 2.05) is 29.7 Å². The van der Waals surface area contributed by atoms with E-state index in [4.69, 9.17) is 28.6 Å². The molecule has 0 unspecified atom stereocenters. The molecule has 0 aliphatic carbocycles. The van der Waals surface area contributed by atoms with Gasteiger partial charge in [-0.3, -0.25) is 4.57 Å². The summed E-state index contributed by atoms with van der Waals surface area (Å²) in [6.45, 7) is 1.99. The summed E-state index contributed by atoms with van der Waals surface area (Å²) in [5.74, 6) is 0.689. The van der Waals surface area contributed by atoms with Crippen LogP contribution in [0.15, 0.2) is 30.5 Å². The lowest BCUT2D eigenvalue weighted by molar-refractivity contribution is 0.413. The van der Waals surface area contributed by atoms with E-state index in [2.05, 4.69) is 9.97 Å². The van der Waals surface area contributed by atoms with E-state index in [-0.39, 0.29) is 0 Å². The molecule has 0 bridgehead atoms. The number of H-pyrrole nitrogens is 1. The van der Waals surface area contributed by atoms with Crippen LogP contribution in [-0.2, 0) is 0 Å². The Kier molecular flexibility index (Phi) is 3.23. The van der Waals surface area contributed by atoms with Gasteiger partial charge >= 0.3 is 0 Å². The predicted octanol–water partition coefficient (Wildman–Crippen LogP) is 4.05. The first-order valence-electron chi connectivity index (χ1n) is 6.01. The third-order valence-electron chi connectivity index (χ3n) is 3.04. The summed E-state index contributed by atoms with van der Waals surface area (Å²) in [7, 11) is 1.61. The standard InChI is InChI=1S/C14H12ClN3OS/c1-8-5-10-13(16-7-8)18(14(20)17-10)11-6-9(15)3-4-12(11)19-2/h3-7H,1-2H3,(H,17,20). The number of aryl methyl sites for hydroxylation is 1. The van der Waals surface area contributed by atoms with Crippen molar-refractivity contribution in [2.45, 2.75) is 6.92 Å². The van der Waals surface area contributed by atoms with Gasteiger partial charge in [-0.15, -0.1) is 0 Å². The molecular weight excluding hydrogens is 294 g/mol. The summed E-state index contributed by atoms with van der Waals surface area (Å²) in [6.07, 6.45) is 1.80. The summed E-state index contributed by atoms with van der Waals surface area (Å²) in [5.41, 5.74) is 3.48. The number of aromatic nitrogens is 3.